The summed E-state index contributed by atoms with van der Waals surface area (Å²) >= 11 is 0. The number of nitrogens with one attached hydrogen (secondary N) is 1. The second kappa shape index (κ2) is 7.35. The molecule has 2 N–H and O–H groups in total. The molecule has 0 aliphatic carbocycles. The van der Waals surface area contributed by atoms with E-state index >= 15 is 0 Å². The van der Waals surface area contributed by atoms with Crippen molar-refractivity contribution in [2.45, 2.75) is 52.0 Å². The number of aliphatic carboxylic acids is 1. The van der Waals surface area contributed by atoms with Crippen LogP contribution in [0.25, 0.3) is 0 Å². The van der Waals surface area contributed by atoms with E-state index in [2.05, 4.69) is 5.32 Å². The number of carbonyl (C=O) groups excluding carboxylic acids is 1. The summed E-state index contributed by atoms with van der Waals surface area (Å²) in [4.78, 5) is 21.4. The Labute approximate surface area is 84.7 Å². The van der Waals surface area contributed by atoms with Crippen LogP contribution in [-0.2, 0) is 9.59 Å². The van der Waals surface area contributed by atoms with Gasteiger partial charge in [0.2, 0.25) is 5.91 Å². The van der Waals surface area contributed by atoms with E-state index in [0.717, 1.165) is 12.8 Å². The van der Waals surface area contributed by atoms with Crippen LogP contribution in [0.4, 0.5) is 0 Å². The second-order valence-corrected chi connectivity index (χ2v) is 3.50. The van der Waals surface area contributed by atoms with Gasteiger partial charge in [-0.3, -0.25) is 9.59 Å². The van der Waals surface area contributed by atoms with Crippen molar-refractivity contribution in [3.63, 3.8) is 0 Å². The average molecular weight is 201 g/mol. The van der Waals surface area contributed by atoms with Gasteiger partial charge in [-0.2, -0.15) is 0 Å². The smallest absolute Gasteiger partial charge is 0.303 e. The number of carbonyl (C=O) groups is 2. The van der Waals surface area contributed by atoms with E-state index in [1.807, 2.05) is 13.8 Å². The second-order valence-electron chi connectivity index (χ2n) is 3.50. The molecule has 0 radical (unpaired) electrons. The zero-order chi connectivity index (χ0) is 11.0. The fraction of sp³-hybridized carbons (Fsp3) is 0.800. The number of amides is 1. The Morgan fingerprint density at radius 3 is 2.50 bits per heavy atom. The fourth-order valence-corrected chi connectivity index (χ4v) is 1.10. The minimum Gasteiger partial charge on any atom is -0.481 e. The van der Waals surface area contributed by atoms with Crippen LogP contribution in [0, 0.1) is 0 Å². The van der Waals surface area contributed by atoms with Crippen molar-refractivity contribution in [2.75, 3.05) is 0 Å². The highest BCUT2D eigenvalue weighted by Crippen LogP contribution is 1.99. The predicted molar refractivity (Wildman–Crippen MR) is 54.0 cm³/mol. The largest absolute Gasteiger partial charge is 0.481 e. The third kappa shape index (κ3) is 7.58. The van der Waals surface area contributed by atoms with E-state index in [-0.39, 0.29) is 18.4 Å². The molecule has 0 aromatic heterocycles. The molecule has 0 aliphatic heterocycles. The third-order valence-corrected chi connectivity index (χ3v) is 1.96. The van der Waals surface area contributed by atoms with E-state index in [4.69, 9.17) is 5.11 Å². The van der Waals surface area contributed by atoms with Gasteiger partial charge in [-0.05, 0) is 19.8 Å². The zero-order valence-electron chi connectivity index (χ0n) is 8.88. The lowest BCUT2D eigenvalue weighted by Gasteiger charge is -2.12. The van der Waals surface area contributed by atoms with Crippen LogP contribution in [-0.4, -0.2) is 23.0 Å². The first kappa shape index (κ1) is 12.9. The highest BCUT2D eigenvalue weighted by Gasteiger charge is 2.08. The summed E-state index contributed by atoms with van der Waals surface area (Å²) in [5, 5.41) is 11.2. The van der Waals surface area contributed by atoms with E-state index in [0.29, 0.717) is 12.8 Å². The van der Waals surface area contributed by atoms with Gasteiger partial charge in [-0.15, -0.1) is 0 Å². The molecule has 0 aromatic carbocycles. The number of hydrogen-bond donors (Lipinski definition) is 2. The molecule has 0 bridgehead atoms. The molecule has 0 aliphatic rings. The summed E-state index contributed by atoms with van der Waals surface area (Å²) in [7, 11) is 0. The van der Waals surface area contributed by atoms with Crippen LogP contribution < -0.4 is 5.32 Å². The van der Waals surface area contributed by atoms with Crippen LogP contribution in [0.2, 0.25) is 0 Å². The summed E-state index contributed by atoms with van der Waals surface area (Å²) in [5.74, 6) is -0.801. The molecule has 0 rings (SSSR count). The number of unbranched alkanes of at least 4 members (excludes halogenated alkanes) is 1. The molecule has 0 fully saturated rings. The molecule has 0 saturated carbocycles. The van der Waals surface area contributed by atoms with Gasteiger partial charge in [0.1, 0.15) is 0 Å². The van der Waals surface area contributed by atoms with Crippen molar-refractivity contribution >= 4 is 11.9 Å². The number of carboxylic acid groups (broad SMARTS) is 1. The van der Waals surface area contributed by atoms with Gasteiger partial charge < -0.3 is 10.4 Å². The summed E-state index contributed by atoms with van der Waals surface area (Å²) in [6.07, 6.45) is 3.02. The lowest BCUT2D eigenvalue weighted by molar-refractivity contribution is -0.137. The van der Waals surface area contributed by atoms with Crippen molar-refractivity contribution in [1.29, 1.82) is 0 Å². The summed E-state index contributed by atoms with van der Waals surface area (Å²) in [5.41, 5.74) is 0. The molecule has 1 unspecified atom stereocenters. The van der Waals surface area contributed by atoms with Gasteiger partial charge in [-0.1, -0.05) is 13.3 Å². The topological polar surface area (TPSA) is 66.4 Å². The van der Waals surface area contributed by atoms with Crippen LogP contribution in [0.5, 0.6) is 0 Å². The highest BCUT2D eigenvalue weighted by molar-refractivity contribution is 5.76. The van der Waals surface area contributed by atoms with E-state index in [1.54, 1.807) is 0 Å². The zero-order valence-corrected chi connectivity index (χ0v) is 8.88. The molecule has 0 spiro atoms. The molecular formula is C10H19NO3. The van der Waals surface area contributed by atoms with Crippen molar-refractivity contribution in [1.82, 2.24) is 5.32 Å². The summed E-state index contributed by atoms with van der Waals surface area (Å²) < 4.78 is 0. The molecule has 1 amide bonds. The molecule has 82 valence electrons. The van der Waals surface area contributed by atoms with E-state index < -0.39 is 5.97 Å². The standard InChI is InChI=1S/C10H19NO3/c1-3-4-5-9(12)11-8(2)6-7-10(13)14/h8H,3-7H2,1-2H3,(H,11,12)(H,13,14). The lowest BCUT2D eigenvalue weighted by atomic mass is 10.1. The Morgan fingerprint density at radius 1 is 1.36 bits per heavy atom. The highest BCUT2D eigenvalue weighted by atomic mass is 16.4. The number of carboxylic acids is 1. The Bertz CT molecular complexity index is 192. The third-order valence-electron chi connectivity index (χ3n) is 1.96. The van der Waals surface area contributed by atoms with Gasteiger partial charge in [0, 0.05) is 18.9 Å². The molecular weight excluding hydrogens is 182 g/mol. The minimum absolute atomic E-state index is 0.0183. The van der Waals surface area contributed by atoms with Gasteiger partial charge in [0.15, 0.2) is 0 Å². The molecule has 0 saturated heterocycles. The molecule has 4 nitrogen and oxygen atoms in total. The first-order valence-corrected chi connectivity index (χ1v) is 5.07. The van der Waals surface area contributed by atoms with Gasteiger partial charge in [-0.25, -0.2) is 0 Å². The van der Waals surface area contributed by atoms with E-state index in [9.17, 15) is 9.59 Å². The summed E-state index contributed by atoms with van der Waals surface area (Å²) in [6, 6.07) is -0.0459. The number of rotatable bonds is 7. The van der Waals surface area contributed by atoms with Crippen LogP contribution >= 0.6 is 0 Å². The van der Waals surface area contributed by atoms with E-state index in [1.165, 1.54) is 0 Å². The number of hydrogen-bond acceptors (Lipinski definition) is 2. The SMILES string of the molecule is CCCCC(=O)NC(C)CCC(=O)O. The van der Waals surface area contributed by atoms with Crippen LogP contribution in [0.1, 0.15) is 46.0 Å². The Morgan fingerprint density at radius 2 is 2.00 bits per heavy atom. The Hall–Kier alpha value is -1.06. The fourth-order valence-electron chi connectivity index (χ4n) is 1.10. The van der Waals surface area contributed by atoms with Crippen molar-refractivity contribution in [3.05, 3.63) is 0 Å². The van der Waals surface area contributed by atoms with Gasteiger partial charge in [0.25, 0.3) is 0 Å². The van der Waals surface area contributed by atoms with Crippen molar-refractivity contribution in [2.24, 2.45) is 0 Å². The minimum atomic E-state index is -0.820. The maximum Gasteiger partial charge on any atom is 0.303 e. The summed E-state index contributed by atoms with van der Waals surface area (Å²) in [6.45, 7) is 3.86. The quantitative estimate of drug-likeness (QED) is 0.656. The molecule has 4 heteroatoms. The monoisotopic (exact) mass is 201 g/mol. The van der Waals surface area contributed by atoms with Gasteiger partial charge >= 0.3 is 5.97 Å². The van der Waals surface area contributed by atoms with Crippen LogP contribution in [0.3, 0.4) is 0 Å². The first-order valence-electron chi connectivity index (χ1n) is 5.07. The maximum absolute atomic E-state index is 11.2. The molecule has 1 atom stereocenters. The lowest BCUT2D eigenvalue weighted by Crippen LogP contribution is -2.32. The van der Waals surface area contributed by atoms with Crippen LogP contribution in [0.15, 0.2) is 0 Å². The van der Waals surface area contributed by atoms with Crippen molar-refractivity contribution < 1.29 is 14.7 Å². The predicted octanol–water partition coefficient (Wildman–Crippen LogP) is 1.55. The Balaban J connectivity index is 3.55. The normalized spacial score (nSPS) is 12.1. The molecule has 0 aromatic rings. The molecule has 0 heterocycles. The maximum atomic E-state index is 11.2. The molecule has 14 heavy (non-hydrogen) atoms. The Kier molecular flexibility index (Phi) is 6.80. The van der Waals surface area contributed by atoms with Crippen molar-refractivity contribution in [3.8, 4) is 0 Å². The first-order chi connectivity index (χ1) is 6.56. The van der Waals surface area contributed by atoms with Gasteiger partial charge in [0.05, 0.1) is 0 Å². The average Bonchev–Trinajstić information content (AvgIpc) is 2.11.